The third kappa shape index (κ3) is 2.26. The highest BCUT2D eigenvalue weighted by molar-refractivity contribution is 7.09. The molecule has 0 aliphatic carbocycles. The largest absolute Gasteiger partial charge is 0.366 e. The van der Waals surface area contributed by atoms with Crippen molar-refractivity contribution in [2.24, 2.45) is 7.05 Å². The molecule has 0 radical (unpaired) electrons. The fourth-order valence-corrected chi connectivity index (χ4v) is 2.83. The highest BCUT2D eigenvalue weighted by Crippen LogP contribution is 2.25. The molecule has 3 heterocycles. The van der Waals surface area contributed by atoms with Gasteiger partial charge in [-0.3, -0.25) is 4.79 Å². The van der Waals surface area contributed by atoms with E-state index in [9.17, 15) is 4.79 Å². The van der Waals surface area contributed by atoms with Gasteiger partial charge in [-0.2, -0.15) is 9.47 Å². The Bertz CT molecular complexity index is 675. The summed E-state index contributed by atoms with van der Waals surface area (Å²) in [6.07, 6.45) is 1.73. The lowest BCUT2D eigenvalue weighted by atomic mass is 10.1. The minimum absolute atomic E-state index is 0.0842. The molecule has 2 aromatic heterocycles. The topological polar surface area (TPSA) is 67.2 Å². The first kappa shape index (κ1) is 13.0. The number of anilines is 2. The van der Waals surface area contributed by atoms with Crippen molar-refractivity contribution in [1.82, 2.24) is 19.1 Å². The molecule has 0 saturated carbocycles. The van der Waals surface area contributed by atoms with Crippen molar-refractivity contribution >= 4 is 22.4 Å². The Balaban J connectivity index is 1.66. The third-order valence-corrected chi connectivity index (χ3v) is 4.45. The first-order chi connectivity index (χ1) is 9.54. The highest BCUT2D eigenvalue weighted by Gasteiger charge is 2.32. The first-order valence-electron chi connectivity index (χ1n) is 6.36. The summed E-state index contributed by atoms with van der Waals surface area (Å²) in [5.41, 5.74) is 0.797. The lowest BCUT2D eigenvalue weighted by Crippen LogP contribution is -2.59. The van der Waals surface area contributed by atoms with E-state index in [1.807, 2.05) is 14.0 Å². The summed E-state index contributed by atoms with van der Waals surface area (Å²) in [4.78, 5) is 20.2. The number of nitrogens with zero attached hydrogens (tertiary/aromatic N) is 6. The van der Waals surface area contributed by atoms with E-state index in [0.29, 0.717) is 6.04 Å². The van der Waals surface area contributed by atoms with Gasteiger partial charge in [0.25, 0.3) is 5.56 Å². The van der Waals surface area contributed by atoms with E-state index in [1.54, 1.807) is 19.3 Å². The number of hydrogen-bond donors (Lipinski definition) is 0. The number of aromatic nitrogens is 4. The van der Waals surface area contributed by atoms with E-state index in [4.69, 9.17) is 0 Å². The summed E-state index contributed by atoms with van der Waals surface area (Å²) in [7, 11) is 3.68. The van der Waals surface area contributed by atoms with Gasteiger partial charge >= 0.3 is 0 Å². The van der Waals surface area contributed by atoms with Crippen LogP contribution in [-0.2, 0) is 7.05 Å². The molecule has 3 rings (SSSR count). The van der Waals surface area contributed by atoms with E-state index in [0.717, 1.165) is 29.7 Å². The first-order valence-corrected chi connectivity index (χ1v) is 7.13. The second-order valence-electron chi connectivity index (χ2n) is 4.97. The van der Waals surface area contributed by atoms with Crippen LogP contribution in [-0.4, -0.2) is 45.3 Å². The molecule has 0 unspecified atom stereocenters. The summed E-state index contributed by atoms with van der Waals surface area (Å²) in [5, 5.41) is 4.98. The molecular weight excluding hydrogens is 276 g/mol. The van der Waals surface area contributed by atoms with Crippen molar-refractivity contribution in [1.29, 1.82) is 0 Å². The van der Waals surface area contributed by atoms with Crippen LogP contribution < -0.4 is 15.4 Å². The quantitative estimate of drug-likeness (QED) is 0.809. The highest BCUT2D eigenvalue weighted by atomic mass is 32.1. The average Bonchev–Trinajstić information content (AvgIpc) is 2.78. The molecule has 1 aliphatic heterocycles. The smallest absolute Gasteiger partial charge is 0.268 e. The second-order valence-corrected chi connectivity index (χ2v) is 5.70. The summed E-state index contributed by atoms with van der Waals surface area (Å²) < 4.78 is 5.53. The molecule has 1 aliphatic rings. The molecule has 1 saturated heterocycles. The van der Waals surface area contributed by atoms with E-state index >= 15 is 0 Å². The van der Waals surface area contributed by atoms with Crippen LogP contribution in [0.1, 0.15) is 5.82 Å². The van der Waals surface area contributed by atoms with Crippen molar-refractivity contribution in [3.05, 3.63) is 28.4 Å². The van der Waals surface area contributed by atoms with Crippen LogP contribution in [0.4, 0.5) is 10.8 Å². The Morgan fingerprint density at radius 1 is 1.45 bits per heavy atom. The third-order valence-electron chi connectivity index (χ3n) is 3.55. The zero-order chi connectivity index (χ0) is 14.3. The summed E-state index contributed by atoms with van der Waals surface area (Å²) in [6.45, 7) is 3.63. The van der Waals surface area contributed by atoms with Crippen molar-refractivity contribution < 1.29 is 0 Å². The van der Waals surface area contributed by atoms with Crippen LogP contribution in [0.15, 0.2) is 17.1 Å². The summed E-state index contributed by atoms with van der Waals surface area (Å²) >= 11 is 1.42. The van der Waals surface area contributed by atoms with E-state index in [2.05, 4.69) is 24.3 Å². The van der Waals surface area contributed by atoms with Crippen molar-refractivity contribution in [2.75, 3.05) is 29.9 Å². The fraction of sp³-hybridized carbons (Fsp3) is 0.500. The fourth-order valence-electron chi connectivity index (χ4n) is 2.13. The molecule has 1 fully saturated rings. The summed E-state index contributed by atoms with van der Waals surface area (Å²) in [5.74, 6) is 0.809. The standard InChI is InChI=1S/C12H16N6OS/c1-8-14-12(20-15-8)16(2)10-6-18(7-10)9-4-11(19)17(3)13-5-9/h4-5,10H,6-7H2,1-3H3. The van der Waals surface area contributed by atoms with Gasteiger partial charge in [0.05, 0.1) is 17.9 Å². The zero-order valence-electron chi connectivity index (χ0n) is 11.6. The van der Waals surface area contributed by atoms with Gasteiger partial charge in [-0.15, -0.1) is 0 Å². The SMILES string of the molecule is Cc1nsc(N(C)C2CN(c3cnn(C)c(=O)c3)C2)n1. The van der Waals surface area contributed by atoms with Crippen LogP contribution in [0.5, 0.6) is 0 Å². The Labute approximate surface area is 120 Å². The maximum atomic E-state index is 11.6. The lowest BCUT2D eigenvalue weighted by molar-refractivity contribution is 0.493. The van der Waals surface area contributed by atoms with E-state index < -0.39 is 0 Å². The number of hydrogen-bond acceptors (Lipinski definition) is 7. The Morgan fingerprint density at radius 2 is 2.20 bits per heavy atom. The normalized spacial score (nSPS) is 15.2. The lowest BCUT2D eigenvalue weighted by Gasteiger charge is -2.44. The van der Waals surface area contributed by atoms with Crippen molar-refractivity contribution in [3.8, 4) is 0 Å². The minimum atomic E-state index is -0.0842. The molecule has 0 N–H and O–H groups in total. The Hall–Kier alpha value is -1.96. The molecule has 0 bridgehead atoms. The van der Waals surface area contributed by atoms with Gasteiger partial charge in [0.1, 0.15) is 5.82 Å². The maximum Gasteiger partial charge on any atom is 0.268 e. The molecule has 20 heavy (non-hydrogen) atoms. The molecule has 0 amide bonds. The monoisotopic (exact) mass is 292 g/mol. The van der Waals surface area contributed by atoms with Gasteiger partial charge in [-0.05, 0) is 6.92 Å². The second kappa shape index (κ2) is 4.86. The molecule has 106 valence electrons. The molecule has 7 nitrogen and oxygen atoms in total. The molecule has 0 atom stereocenters. The van der Waals surface area contributed by atoms with Crippen LogP contribution in [0.2, 0.25) is 0 Å². The predicted molar refractivity (Wildman–Crippen MR) is 78.5 cm³/mol. The van der Waals surface area contributed by atoms with Gasteiger partial charge in [-0.1, -0.05) is 0 Å². The Kier molecular flexibility index (Phi) is 3.17. The maximum absolute atomic E-state index is 11.6. The van der Waals surface area contributed by atoms with Gasteiger partial charge in [0.2, 0.25) is 5.13 Å². The van der Waals surface area contributed by atoms with Gasteiger partial charge in [-0.25, -0.2) is 9.67 Å². The molecule has 8 heteroatoms. The molecule has 2 aromatic rings. The van der Waals surface area contributed by atoms with Crippen molar-refractivity contribution in [2.45, 2.75) is 13.0 Å². The van der Waals surface area contributed by atoms with Crippen molar-refractivity contribution in [3.63, 3.8) is 0 Å². The zero-order valence-corrected chi connectivity index (χ0v) is 12.5. The summed E-state index contributed by atoms with van der Waals surface area (Å²) in [6, 6.07) is 2.02. The molecule has 0 spiro atoms. The Morgan fingerprint density at radius 3 is 2.80 bits per heavy atom. The van der Waals surface area contributed by atoms with Crippen LogP contribution in [0.3, 0.4) is 0 Å². The number of rotatable bonds is 3. The van der Waals surface area contributed by atoms with Gasteiger partial charge in [0, 0.05) is 44.8 Å². The number of aryl methyl sites for hydroxylation is 2. The predicted octanol–water partition coefficient (Wildman–Crippen LogP) is 0.265. The minimum Gasteiger partial charge on any atom is -0.366 e. The average molecular weight is 292 g/mol. The van der Waals surface area contributed by atoms with E-state index in [-0.39, 0.29) is 5.56 Å². The van der Waals surface area contributed by atoms with Gasteiger partial charge < -0.3 is 9.80 Å². The molecule has 0 aromatic carbocycles. The van der Waals surface area contributed by atoms with Crippen LogP contribution in [0, 0.1) is 6.92 Å². The molecular formula is C12H16N6OS. The van der Waals surface area contributed by atoms with Gasteiger partial charge in [0.15, 0.2) is 0 Å². The van der Waals surface area contributed by atoms with Crippen LogP contribution in [0.25, 0.3) is 0 Å². The van der Waals surface area contributed by atoms with Crippen LogP contribution >= 0.6 is 11.5 Å². The van der Waals surface area contributed by atoms with E-state index in [1.165, 1.54) is 16.2 Å². The number of likely N-dealkylation sites (N-methyl/N-ethyl adjacent to an activating group) is 1.